The van der Waals surface area contributed by atoms with Gasteiger partial charge in [-0.15, -0.1) is 5.10 Å². The molecule has 2 heterocycles. The maximum absolute atomic E-state index is 11.9. The van der Waals surface area contributed by atoms with Gasteiger partial charge in [-0.2, -0.15) is 5.10 Å². The van der Waals surface area contributed by atoms with Gasteiger partial charge in [0.15, 0.2) is 5.82 Å². The third-order valence-electron chi connectivity index (χ3n) is 3.32. The van der Waals surface area contributed by atoms with E-state index in [1.807, 2.05) is 24.3 Å². The maximum Gasteiger partial charge on any atom is 0.247 e. The standard InChI is InChI=1S/C16H18N6O3/c1-21-8-7-15(19-21)17-16(23)10-22-9-12(18-20-22)11-25-14-5-3-13(24-2)4-6-14/h3-9H,10-11H2,1-2H3,(H,17,19,23). The molecule has 3 aromatic rings. The Hall–Kier alpha value is -3.36. The molecule has 1 amide bonds. The number of ether oxygens (including phenoxy) is 2. The molecule has 0 atom stereocenters. The summed E-state index contributed by atoms with van der Waals surface area (Å²) in [5.41, 5.74) is 0.626. The molecule has 9 nitrogen and oxygen atoms in total. The Bertz CT molecular complexity index is 840. The van der Waals surface area contributed by atoms with Crippen LogP contribution in [0.15, 0.2) is 42.7 Å². The van der Waals surface area contributed by atoms with E-state index in [0.29, 0.717) is 17.3 Å². The summed E-state index contributed by atoms with van der Waals surface area (Å²) < 4.78 is 13.8. The Morgan fingerprint density at radius 3 is 2.64 bits per heavy atom. The predicted molar refractivity (Wildman–Crippen MR) is 89.2 cm³/mol. The van der Waals surface area contributed by atoms with Crippen molar-refractivity contribution in [2.24, 2.45) is 7.05 Å². The molecular weight excluding hydrogens is 324 g/mol. The third-order valence-corrected chi connectivity index (χ3v) is 3.32. The van der Waals surface area contributed by atoms with Crippen LogP contribution in [0, 0.1) is 0 Å². The molecule has 3 rings (SSSR count). The topological polar surface area (TPSA) is 96.1 Å². The first-order valence-electron chi connectivity index (χ1n) is 7.58. The lowest BCUT2D eigenvalue weighted by atomic mass is 10.3. The number of aromatic nitrogens is 5. The monoisotopic (exact) mass is 342 g/mol. The van der Waals surface area contributed by atoms with Crippen LogP contribution in [0.5, 0.6) is 11.5 Å². The molecule has 130 valence electrons. The van der Waals surface area contributed by atoms with E-state index >= 15 is 0 Å². The zero-order valence-corrected chi connectivity index (χ0v) is 13.9. The van der Waals surface area contributed by atoms with Crippen LogP contribution in [0.1, 0.15) is 5.69 Å². The van der Waals surface area contributed by atoms with Crippen molar-refractivity contribution in [3.05, 3.63) is 48.4 Å². The van der Waals surface area contributed by atoms with Crippen molar-refractivity contribution in [2.45, 2.75) is 13.2 Å². The summed E-state index contributed by atoms with van der Waals surface area (Å²) in [7, 11) is 3.39. The summed E-state index contributed by atoms with van der Waals surface area (Å²) >= 11 is 0. The minimum Gasteiger partial charge on any atom is -0.497 e. The average Bonchev–Trinajstić information content (AvgIpc) is 3.22. The maximum atomic E-state index is 11.9. The highest BCUT2D eigenvalue weighted by Gasteiger charge is 2.08. The molecule has 0 bridgehead atoms. The summed E-state index contributed by atoms with van der Waals surface area (Å²) in [6.45, 7) is 0.306. The first-order valence-corrected chi connectivity index (χ1v) is 7.58. The molecule has 1 N–H and O–H groups in total. The minimum atomic E-state index is -0.230. The number of hydrogen-bond donors (Lipinski definition) is 1. The average molecular weight is 342 g/mol. The van der Waals surface area contributed by atoms with Crippen molar-refractivity contribution in [3.63, 3.8) is 0 Å². The number of anilines is 1. The Morgan fingerprint density at radius 1 is 1.20 bits per heavy atom. The molecule has 2 aromatic heterocycles. The van der Waals surface area contributed by atoms with Crippen molar-refractivity contribution in [2.75, 3.05) is 12.4 Å². The SMILES string of the molecule is COc1ccc(OCc2cn(CC(=O)Nc3ccn(C)n3)nn2)cc1. The lowest BCUT2D eigenvalue weighted by molar-refractivity contribution is -0.116. The minimum absolute atomic E-state index is 0.0477. The van der Waals surface area contributed by atoms with Crippen LogP contribution in [-0.2, 0) is 25.0 Å². The number of aryl methyl sites for hydroxylation is 1. The number of amides is 1. The number of hydrogen-bond acceptors (Lipinski definition) is 6. The van der Waals surface area contributed by atoms with E-state index in [1.54, 1.807) is 37.3 Å². The van der Waals surface area contributed by atoms with Crippen molar-refractivity contribution in [1.82, 2.24) is 24.8 Å². The highest BCUT2D eigenvalue weighted by atomic mass is 16.5. The summed E-state index contributed by atoms with van der Waals surface area (Å²) in [6.07, 6.45) is 3.42. The number of rotatable bonds is 7. The van der Waals surface area contributed by atoms with Crippen LogP contribution in [-0.4, -0.2) is 37.8 Å². The van der Waals surface area contributed by atoms with E-state index in [0.717, 1.165) is 5.75 Å². The Balaban J connectivity index is 1.50. The number of benzene rings is 1. The Morgan fingerprint density at radius 2 is 1.96 bits per heavy atom. The smallest absolute Gasteiger partial charge is 0.247 e. The van der Waals surface area contributed by atoms with Crippen LogP contribution in [0.2, 0.25) is 0 Å². The van der Waals surface area contributed by atoms with Gasteiger partial charge in [0.1, 0.15) is 30.3 Å². The van der Waals surface area contributed by atoms with Crippen LogP contribution in [0.4, 0.5) is 5.82 Å². The Kier molecular flexibility index (Phi) is 4.93. The quantitative estimate of drug-likeness (QED) is 0.694. The molecule has 0 aliphatic rings. The van der Waals surface area contributed by atoms with Gasteiger partial charge in [0.25, 0.3) is 0 Å². The second-order valence-corrected chi connectivity index (χ2v) is 5.29. The fraction of sp³-hybridized carbons (Fsp3) is 0.250. The van der Waals surface area contributed by atoms with Crippen molar-refractivity contribution < 1.29 is 14.3 Å². The normalized spacial score (nSPS) is 10.5. The highest BCUT2D eigenvalue weighted by molar-refractivity contribution is 5.89. The van der Waals surface area contributed by atoms with E-state index in [-0.39, 0.29) is 19.1 Å². The van der Waals surface area contributed by atoms with Gasteiger partial charge < -0.3 is 14.8 Å². The number of methoxy groups -OCH3 is 1. The molecule has 0 saturated carbocycles. The Labute approximate surface area is 144 Å². The third kappa shape index (κ3) is 4.56. The zero-order valence-electron chi connectivity index (χ0n) is 13.9. The van der Waals surface area contributed by atoms with E-state index in [9.17, 15) is 4.79 Å². The van der Waals surface area contributed by atoms with Crippen molar-refractivity contribution in [1.29, 1.82) is 0 Å². The largest absolute Gasteiger partial charge is 0.497 e. The molecule has 0 aliphatic carbocycles. The first-order chi connectivity index (χ1) is 12.1. The van der Waals surface area contributed by atoms with E-state index in [4.69, 9.17) is 9.47 Å². The molecule has 0 saturated heterocycles. The van der Waals surface area contributed by atoms with Gasteiger partial charge in [-0.3, -0.25) is 9.48 Å². The van der Waals surface area contributed by atoms with Crippen LogP contribution >= 0.6 is 0 Å². The molecule has 0 unspecified atom stereocenters. The molecular formula is C16H18N6O3. The number of carbonyl (C=O) groups is 1. The van der Waals surface area contributed by atoms with Gasteiger partial charge in [0.2, 0.25) is 5.91 Å². The molecule has 0 spiro atoms. The van der Waals surface area contributed by atoms with E-state index in [2.05, 4.69) is 20.7 Å². The van der Waals surface area contributed by atoms with Gasteiger partial charge in [-0.05, 0) is 24.3 Å². The first kappa shape index (κ1) is 16.5. The van der Waals surface area contributed by atoms with Crippen LogP contribution in [0.3, 0.4) is 0 Å². The van der Waals surface area contributed by atoms with Crippen molar-refractivity contribution in [3.8, 4) is 11.5 Å². The summed E-state index contributed by atoms with van der Waals surface area (Å²) in [6, 6.07) is 8.96. The van der Waals surface area contributed by atoms with E-state index in [1.165, 1.54) is 4.68 Å². The van der Waals surface area contributed by atoms with Crippen LogP contribution < -0.4 is 14.8 Å². The number of nitrogens with one attached hydrogen (secondary N) is 1. The fourth-order valence-corrected chi connectivity index (χ4v) is 2.12. The van der Waals surface area contributed by atoms with Crippen molar-refractivity contribution >= 4 is 11.7 Å². The van der Waals surface area contributed by atoms with Gasteiger partial charge in [-0.1, -0.05) is 5.21 Å². The molecule has 25 heavy (non-hydrogen) atoms. The molecule has 0 radical (unpaired) electrons. The second kappa shape index (κ2) is 7.47. The fourth-order valence-electron chi connectivity index (χ4n) is 2.12. The van der Waals surface area contributed by atoms with Gasteiger partial charge >= 0.3 is 0 Å². The van der Waals surface area contributed by atoms with Crippen LogP contribution in [0.25, 0.3) is 0 Å². The van der Waals surface area contributed by atoms with Gasteiger partial charge in [0, 0.05) is 19.3 Å². The molecule has 0 fully saturated rings. The summed E-state index contributed by atoms with van der Waals surface area (Å²) in [4.78, 5) is 11.9. The lowest BCUT2D eigenvalue weighted by Crippen LogP contribution is -2.19. The zero-order chi connectivity index (χ0) is 17.6. The molecule has 0 aliphatic heterocycles. The lowest BCUT2D eigenvalue weighted by Gasteiger charge is -2.04. The van der Waals surface area contributed by atoms with E-state index < -0.39 is 0 Å². The van der Waals surface area contributed by atoms with Gasteiger partial charge in [0.05, 0.1) is 13.3 Å². The number of nitrogens with zero attached hydrogens (tertiary/aromatic N) is 5. The second-order valence-electron chi connectivity index (χ2n) is 5.29. The van der Waals surface area contributed by atoms with Gasteiger partial charge in [-0.25, -0.2) is 4.68 Å². The highest BCUT2D eigenvalue weighted by Crippen LogP contribution is 2.17. The summed E-state index contributed by atoms with van der Waals surface area (Å²) in [5, 5.41) is 14.7. The predicted octanol–water partition coefficient (Wildman–Crippen LogP) is 1.24. The molecule has 1 aromatic carbocycles. The number of carbonyl (C=O) groups excluding carboxylic acids is 1. The summed E-state index contributed by atoms with van der Waals surface area (Å²) in [5.74, 6) is 1.72. The molecule has 9 heteroatoms.